The average Bonchev–Trinajstić information content (AvgIpc) is 3.40. The van der Waals surface area contributed by atoms with Gasteiger partial charge < -0.3 is 10.4 Å². The van der Waals surface area contributed by atoms with Crippen LogP contribution in [-0.2, 0) is 4.79 Å². The SMILES string of the molecule is O=C(O)c1cc(C=Cc2ccc(Cl)cc2Cl)ccc1NC(=O)C1CC1. The Balaban J connectivity index is 1.84. The van der Waals surface area contributed by atoms with Crippen molar-refractivity contribution in [3.8, 4) is 0 Å². The molecule has 4 nitrogen and oxygen atoms in total. The Morgan fingerprint density at radius 2 is 1.84 bits per heavy atom. The monoisotopic (exact) mass is 375 g/mol. The van der Waals surface area contributed by atoms with E-state index >= 15 is 0 Å². The number of hydrogen-bond donors (Lipinski definition) is 2. The molecule has 2 N–H and O–H groups in total. The van der Waals surface area contributed by atoms with Gasteiger partial charge in [-0.05, 0) is 48.2 Å². The van der Waals surface area contributed by atoms with E-state index in [9.17, 15) is 14.7 Å². The molecule has 0 aromatic heterocycles. The minimum Gasteiger partial charge on any atom is -0.478 e. The van der Waals surface area contributed by atoms with Crippen LogP contribution in [0.1, 0.15) is 34.3 Å². The maximum absolute atomic E-state index is 11.9. The number of anilines is 1. The highest BCUT2D eigenvalue weighted by Gasteiger charge is 2.30. The topological polar surface area (TPSA) is 66.4 Å². The van der Waals surface area contributed by atoms with E-state index in [1.54, 1.807) is 42.5 Å². The summed E-state index contributed by atoms with van der Waals surface area (Å²) >= 11 is 12.0. The van der Waals surface area contributed by atoms with Crippen LogP contribution < -0.4 is 5.32 Å². The Labute approximate surface area is 155 Å². The number of carbonyl (C=O) groups is 2. The van der Waals surface area contributed by atoms with Crippen LogP contribution in [0.3, 0.4) is 0 Å². The van der Waals surface area contributed by atoms with Gasteiger partial charge in [0.05, 0.1) is 11.3 Å². The molecule has 1 saturated carbocycles. The second-order valence-corrected chi connectivity index (χ2v) is 6.72. The van der Waals surface area contributed by atoms with Gasteiger partial charge in [-0.3, -0.25) is 4.79 Å². The summed E-state index contributed by atoms with van der Waals surface area (Å²) in [4.78, 5) is 23.4. The van der Waals surface area contributed by atoms with Gasteiger partial charge in [0.25, 0.3) is 0 Å². The third-order valence-corrected chi connectivity index (χ3v) is 4.46. The van der Waals surface area contributed by atoms with E-state index in [4.69, 9.17) is 23.2 Å². The van der Waals surface area contributed by atoms with E-state index in [-0.39, 0.29) is 17.4 Å². The maximum atomic E-state index is 11.9. The molecule has 128 valence electrons. The van der Waals surface area contributed by atoms with Crippen LogP contribution in [0, 0.1) is 5.92 Å². The highest BCUT2D eigenvalue weighted by Crippen LogP contribution is 2.31. The highest BCUT2D eigenvalue weighted by atomic mass is 35.5. The summed E-state index contributed by atoms with van der Waals surface area (Å²) in [6, 6.07) is 10.0. The fourth-order valence-corrected chi connectivity index (χ4v) is 2.83. The molecule has 0 heterocycles. The summed E-state index contributed by atoms with van der Waals surface area (Å²) in [6.07, 6.45) is 5.25. The summed E-state index contributed by atoms with van der Waals surface area (Å²) < 4.78 is 0. The van der Waals surface area contributed by atoms with Crippen molar-refractivity contribution in [2.24, 2.45) is 5.92 Å². The van der Waals surface area contributed by atoms with Crippen LogP contribution >= 0.6 is 23.2 Å². The Morgan fingerprint density at radius 1 is 1.08 bits per heavy atom. The molecular weight excluding hydrogens is 361 g/mol. The van der Waals surface area contributed by atoms with Crippen LogP contribution in [0.4, 0.5) is 5.69 Å². The van der Waals surface area contributed by atoms with E-state index in [1.807, 2.05) is 0 Å². The molecule has 1 aliphatic rings. The lowest BCUT2D eigenvalue weighted by Gasteiger charge is -2.09. The Hall–Kier alpha value is -2.30. The van der Waals surface area contributed by atoms with Gasteiger partial charge in [-0.25, -0.2) is 4.79 Å². The first-order valence-corrected chi connectivity index (χ1v) is 8.51. The molecule has 3 rings (SSSR count). The van der Waals surface area contributed by atoms with Gasteiger partial charge in [0.1, 0.15) is 0 Å². The number of carboxylic acid groups (broad SMARTS) is 1. The minimum atomic E-state index is -1.09. The normalized spacial score (nSPS) is 13.8. The quantitative estimate of drug-likeness (QED) is 0.704. The second kappa shape index (κ2) is 7.30. The number of hydrogen-bond acceptors (Lipinski definition) is 2. The molecule has 0 unspecified atom stereocenters. The van der Waals surface area contributed by atoms with Gasteiger partial charge in [0.2, 0.25) is 5.91 Å². The number of rotatable bonds is 5. The molecule has 2 aromatic carbocycles. The first-order chi connectivity index (χ1) is 11.9. The van der Waals surface area contributed by atoms with Crippen molar-refractivity contribution in [3.63, 3.8) is 0 Å². The molecule has 6 heteroatoms. The van der Waals surface area contributed by atoms with Crippen molar-refractivity contribution in [2.45, 2.75) is 12.8 Å². The van der Waals surface area contributed by atoms with E-state index in [2.05, 4.69) is 5.32 Å². The van der Waals surface area contributed by atoms with Crippen LogP contribution in [0.25, 0.3) is 12.2 Å². The first kappa shape index (κ1) is 17.5. The van der Waals surface area contributed by atoms with E-state index in [0.29, 0.717) is 21.3 Å². The third-order valence-electron chi connectivity index (χ3n) is 3.90. The summed E-state index contributed by atoms with van der Waals surface area (Å²) in [5, 5.41) is 13.2. The van der Waals surface area contributed by atoms with Crippen molar-refractivity contribution in [2.75, 3.05) is 5.32 Å². The highest BCUT2D eigenvalue weighted by molar-refractivity contribution is 6.35. The van der Waals surface area contributed by atoms with Crippen molar-refractivity contribution >= 4 is 52.9 Å². The van der Waals surface area contributed by atoms with Crippen LogP contribution in [0.15, 0.2) is 36.4 Å². The van der Waals surface area contributed by atoms with Gasteiger partial charge in [-0.2, -0.15) is 0 Å². The summed E-state index contributed by atoms with van der Waals surface area (Å²) in [6.45, 7) is 0. The largest absolute Gasteiger partial charge is 0.478 e. The Kier molecular flexibility index (Phi) is 5.11. The summed E-state index contributed by atoms with van der Waals surface area (Å²) in [7, 11) is 0. The Morgan fingerprint density at radius 3 is 2.48 bits per heavy atom. The number of aromatic carboxylic acids is 1. The molecule has 1 fully saturated rings. The number of benzene rings is 2. The molecule has 1 amide bonds. The minimum absolute atomic E-state index is 0.00765. The maximum Gasteiger partial charge on any atom is 0.337 e. The van der Waals surface area contributed by atoms with E-state index in [0.717, 1.165) is 18.4 Å². The van der Waals surface area contributed by atoms with Gasteiger partial charge in [-0.15, -0.1) is 0 Å². The predicted molar refractivity (Wildman–Crippen MR) is 100 cm³/mol. The summed E-state index contributed by atoms with van der Waals surface area (Å²) in [5.41, 5.74) is 1.83. The van der Waals surface area contributed by atoms with E-state index < -0.39 is 5.97 Å². The smallest absolute Gasteiger partial charge is 0.337 e. The molecule has 25 heavy (non-hydrogen) atoms. The van der Waals surface area contributed by atoms with Gasteiger partial charge in [-0.1, -0.05) is 47.5 Å². The second-order valence-electron chi connectivity index (χ2n) is 5.87. The number of carbonyl (C=O) groups excluding carboxylic acids is 1. The lowest BCUT2D eigenvalue weighted by atomic mass is 10.1. The van der Waals surface area contributed by atoms with Crippen molar-refractivity contribution in [1.29, 1.82) is 0 Å². The number of halogens is 2. The molecule has 0 radical (unpaired) electrons. The number of carboxylic acids is 1. The van der Waals surface area contributed by atoms with Crippen molar-refractivity contribution < 1.29 is 14.7 Å². The molecule has 0 atom stereocenters. The third kappa shape index (κ3) is 4.41. The fraction of sp³-hybridized carbons (Fsp3) is 0.158. The van der Waals surface area contributed by atoms with Gasteiger partial charge >= 0.3 is 5.97 Å². The molecule has 0 saturated heterocycles. The molecule has 0 aliphatic heterocycles. The zero-order valence-corrected chi connectivity index (χ0v) is 14.6. The molecule has 1 aliphatic carbocycles. The zero-order chi connectivity index (χ0) is 18.0. The van der Waals surface area contributed by atoms with Crippen LogP contribution in [0.2, 0.25) is 10.0 Å². The number of amides is 1. The molecule has 2 aromatic rings. The van der Waals surface area contributed by atoms with Crippen LogP contribution in [0.5, 0.6) is 0 Å². The average molecular weight is 376 g/mol. The summed E-state index contributed by atoms with van der Waals surface area (Å²) in [5.74, 6) is -1.21. The molecular formula is C19H15Cl2NO3. The Bertz CT molecular complexity index is 873. The van der Waals surface area contributed by atoms with Crippen molar-refractivity contribution in [3.05, 3.63) is 63.1 Å². The number of nitrogens with one attached hydrogen (secondary N) is 1. The first-order valence-electron chi connectivity index (χ1n) is 7.75. The molecule has 0 spiro atoms. The van der Waals surface area contributed by atoms with Crippen molar-refractivity contribution in [1.82, 2.24) is 0 Å². The lowest BCUT2D eigenvalue weighted by molar-refractivity contribution is -0.117. The standard InChI is InChI=1S/C19H15Cl2NO3/c20-14-7-6-12(16(21)10-14)3-1-11-2-8-17(15(9-11)19(24)25)22-18(23)13-4-5-13/h1-3,6-10,13H,4-5H2,(H,22,23)(H,24,25). The van der Waals surface area contributed by atoms with Gasteiger partial charge in [0, 0.05) is 16.0 Å². The zero-order valence-electron chi connectivity index (χ0n) is 13.1. The van der Waals surface area contributed by atoms with Crippen LogP contribution in [-0.4, -0.2) is 17.0 Å². The predicted octanol–water partition coefficient (Wildman–Crippen LogP) is 5.21. The molecule has 0 bridgehead atoms. The lowest BCUT2D eigenvalue weighted by Crippen LogP contribution is -2.16. The van der Waals surface area contributed by atoms with Gasteiger partial charge in [0.15, 0.2) is 0 Å². The fourth-order valence-electron chi connectivity index (χ4n) is 2.35. The van der Waals surface area contributed by atoms with E-state index in [1.165, 1.54) is 6.07 Å².